The van der Waals surface area contributed by atoms with Crippen LogP contribution in [0.15, 0.2) is 12.4 Å². The van der Waals surface area contributed by atoms with Crippen LogP contribution >= 0.6 is 0 Å². The fourth-order valence-corrected chi connectivity index (χ4v) is 3.41. The summed E-state index contributed by atoms with van der Waals surface area (Å²) in [4.78, 5) is 16.5. The lowest BCUT2D eigenvalue weighted by molar-refractivity contribution is -0.130. The third-order valence-corrected chi connectivity index (χ3v) is 4.65. The molecule has 0 radical (unpaired) electrons. The minimum atomic E-state index is -0.402. The molecule has 6 heteroatoms. The molecule has 1 aromatic rings. The number of hydrogen-bond donors (Lipinski definition) is 2. The Hall–Kier alpha value is -1.40. The molecular formula is C15H24N4O2. The molecule has 2 aliphatic heterocycles. The number of β-amino-alcohol motifs (C(OH)–C–C–N with tert-alkyl or cyclic N) is 1. The molecular weight excluding hydrogens is 268 g/mol. The molecule has 2 atom stereocenters. The molecule has 2 aliphatic rings. The molecule has 0 aromatic carbocycles. The van der Waals surface area contributed by atoms with Gasteiger partial charge in [-0.1, -0.05) is 6.42 Å². The zero-order chi connectivity index (χ0) is 14.7. The summed E-state index contributed by atoms with van der Waals surface area (Å²) < 4.78 is 0. The number of hydrogen-bond acceptors (Lipinski definition) is 4. The molecule has 0 spiro atoms. The second kappa shape index (κ2) is 6.58. The molecule has 2 saturated heterocycles. The first-order valence-corrected chi connectivity index (χ1v) is 7.91. The summed E-state index contributed by atoms with van der Waals surface area (Å²) in [6.07, 6.45) is 8.06. The quantitative estimate of drug-likeness (QED) is 0.842. The fourth-order valence-electron chi connectivity index (χ4n) is 3.41. The molecule has 1 amide bonds. The van der Waals surface area contributed by atoms with E-state index in [1.165, 1.54) is 19.3 Å². The number of aliphatic hydroxyl groups is 1. The summed E-state index contributed by atoms with van der Waals surface area (Å²) in [5.74, 6) is 0.134. The van der Waals surface area contributed by atoms with Gasteiger partial charge in [0.1, 0.15) is 0 Å². The summed E-state index contributed by atoms with van der Waals surface area (Å²) >= 11 is 0. The van der Waals surface area contributed by atoms with Crippen LogP contribution in [0.2, 0.25) is 0 Å². The third-order valence-electron chi connectivity index (χ3n) is 4.65. The van der Waals surface area contributed by atoms with Crippen LogP contribution in [0.4, 0.5) is 0 Å². The van der Waals surface area contributed by atoms with E-state index >= 15 is 0 Å². The Morgan fingerprint density at radius 1 is 1.33 bits per heavy atom. The van der Waals surface area contributed by atoms with E-state index in [0.717, 1.165) is 18.7 Å². The molecule has 6 nitrogen and oxygen atoms in total. The van der Waals surface area contributed by atoms with Gasteiger partial charge in [-0.2, -0.15) is 5.10 Å². The zero-order valence-electron chi connectivity index (χ0n) is 12.4. The number of aromatic amines is 1. The number of aryl methyl sites for hydroxylation is 1. The number of nitrogens with zero attached hydrogens (tertiary/aromatic N) is 3. The highest BCUT2D eigenvalue weighted by Gasteiger charge is 2.37. The van der Waals surface area contributed by atoms with Crippen molar-refractivity contribution in [2.24, 2.45) is 0 Å². The normalized spacial score (nSPS) is 27.2. The van der Waals surface area contributed by atoms with Crippen LogP contribution in [0.25, 0.3) is 0 Å². The highest BCUT2D eigenvalue weighted by Crippen LogP contribution is 2.21. The van der Waals surface area contributed by atoms with E-state index in [2.05, 4.69) is 15.1 Å². The summed E-state index contributed by atoms with van der Waals surface area (Å²) in [6.45, 7) is 3.26. The smallest absolute Gasteiger partial charge is 0.223 e. The van der Waals surface area contributed by atoms with Crippen LogP contribution in [0.3, 0.4) is 0 Å². The molecule has 0 saturated carbocycles. The zero-order valence-corrected chi connectivity index (χ0v) is 12.4. The van der Waals surface area contributed by atoms with E-state index in [4.69, 9.17) is 0 Å². The number of carbonyl (C=O) groups excluding carboxylic acids is 1. The van der Waals surface area contributed by atoms with Crippen molar-refractivity contribution in [3.63, 3.8) is 0 Å². The predicted molar refractivity (Wildman–Crippen MR) is 78.7 cm³/mol. The molecule has 21 heavy (non-hydrogen) atoms. The van der Waals surface area contributed by atoms with E-state index in [0.29, 0.717) is 25.9 Å². The van der Waals surface area contributed by atoms with Crippen molar-refractivity contribution in [3.05, 3.63) is 18.0 Å². The molecule has 1 aromatic heterocycles. The summed E-state index contributed by atoms with van der Waals surface area (Å²) in [7, 11) is 0. The Kier molecular flexibility index (Phi) is 4.55. The van der Waals surface area contributed by atoms with Crippen molar-refractivity contribution in [1.29, 1.82) is 0 Å². The molecule has 3 rings (SSSR count). The minimum Gasteiger partial charge on any atom is -0.390 e. The lowest BCUT2D eigenvalue weighted by Crippen LogP contribution is -2.46. The first kappa shape index (κ1) is 14.5. The van der Waals surface area contributed by atoms with Crippen molar-refractivity contribution < 1.29 is 9.90 Å². The van der Waals surface area contributed by atoms with E-state index in [1.807, 2.05) is 11.1 Å². The van der Waals surface area contributed by atoms with Gasteiger partial charge in [0.15, 0.2) is 0 Å². The average molecular weight is 292 g/mol. The second-order valence-electron chi connectivity index (χ2n) is 6.14. The Bertz CT molecular complexity index is 456. The summed E-state index contributed by atoms with van der Waals surface area (Å²) in [5, 5.41) is 16.9. The first-order valence-electron chi connectivity index (χ1n) is 7.91. The van der Waals surface area contributed by atoms with Crippen LogP contribution in [0, 0.1) is 0 Å². The van der Waals surface area contributed by atoms with Crippen molar-refractivity contribution in [1.82, 2.24) is 20.0 Å². The van der Waals surface area contributed by atoms with E-state index in [-0.39, 0.29) is 11.9 Å². The molecule has 2 N–H and O–H groups in total. The van der Waals surface area contributed by atoms with Crippen LogP contribution in [-0.4, -0.2) is 69.3 Å². The van der Waals surface area contributed by atoms with E-state index in [9.17, 15) is 9.90 Å². The van der Waals surface area contributed by atoms with Gasteiger partial charge in [0.05, 0.1) is 18.3 Å². The molecule has 0 unspecified atom stereocenters. The third kappa shape index (κ3) is 3.44. The van der Waals surface area contributed by atoms with Crippen molar-refractivity contribution >= 4 is 5.91 Å². The number of likely N-dealkylation sites (tertiary alicyclic amines) is 2. The maximum Gasteiger partial charge on any atom is 0.223 e. The summed E-state index contributed by atoms with van der Waals surface area (Å²) in [5.41, 5.74) is 1.05. The number of H-pyrrole nitrogens is 1. The van der Waals surface area contributed by atoms with Crippen LogP contribution < -0.4 is 0 Å². The fraction of sp³-hybridized carbons (Fsp3) is 0.733. The van der Waals surface area contributed by atoms with Gasteiger partial charge in [-0.3, -0.25) is 14.8 Å². The monoisotopic (exact) mass is 292 g/mol. The van der Waals surface area contributed by atoms with Crippen LogP contribution in [0.1, 0.15) is 31.2 Å². The van der Waals surface area contributed by atoms with Gasteiger partial charge < -0.3 is 10.0 Å². The van der Waals surface area contributed by atoms with Crippen LogP contribution in [0.5, 0.6) is 0 Å². The predicted octanol–water partition coefficient (Wildman–Crippen LogP) is 0.400. The SMILES string of the molecule is O=C(CCc1cn[nH]c1)N1C[C@H](O)[C@@H](N2CCCCC2)C1. The van der Waals surface area contributed by atoms with Gasteiger partial charge in [0, 0.05) is 25.7 Å². The van der Waals surface area contributed by atoms with Gasteiger partial charge >= 0.3 is 0 Å². The standard InChI is InChI=1S/C15H24N4O2/c20-14-11-19(10-13(14)18-6-2-1-3-7-18)15(21)5-4-12-8-16-17-9-12/h8-9,13-14,20H,1-7,10-11H2,(H,16,17)/t13-,14-/m0/s1. The highest BCUT2D eigenvalue weighted by molar-refractivity contribution is 5.77. The number of aliphatic hydroxyl groups excluding tert-OH is 1. The summed E-state index contributed by atoms with van der Waals surface area (Å²) in [6, 6.07) is 0.128. The highest BCUT2D eigenvalue weighted by atomic mass is 16.3. The molecule has 0 aliphatic carbocycles. The average Bonchev–Trinajstić information content (AvgIpc) is 3.15. The topological polar surface area (TPSA) is 72.5 Å². The lowest BCUT2D eigenvalue weighted by atomic mass is 10.1. The molecule has 116 valence electrons. The Balaban J connectivity index is 1.51. The first-order chi connectivity index (χ1) is 10.2. The largest absolute Gasteiger partial charge is 0.390 e. The number of carbonyl (C=O) groups is 1. The van der Waals surface area contributed by atoms with Gasteiger partial charge in [-0.25, -0.2) is 0 Å². The van der Waals surface area contributed by atoms with Gasteiger partial charge in [-0.15, -0.1) is 0 Å². The van der Waals surface area contributed by atoms with Gasteiger partial charge in [0.25, 0.3) is 0 Å². The number of rotatable bonds is 4. The number of aromatic nitrogens is 2. The number of nitrogens with one attached hydrogen (secondary N) is 1. The van der Waals surface area contributed by atoms with Gasteiger partial charge in [-0.05, 0) is 37.9 Å². The molecule has 3 heterocycles. The maximum atomic E-state index is 12.3. The van der Waals surface area contributed by atoms with Crippen molar-refractivity contribution in [2.75, 3.05) is 26.2 Å². The second-order valence-corrected chi connectivity index (χ2v) is 6.14. The van der Waals surface area contributed by atoms with E-state index < -0.39 is 6.10 Å². The Morgan fingerprint density at radius 2 is 2.14 bits per heavy atom. The molecule has 0 bridgehead atoms. The van der Waals surface area contributed by atoms with Crippen LogP contribution in [-0.2, 0) is 11.2 Å². The lowest BCUT2D eigenvalue weighted by Gasteiger charge is -2.33. The van der Waals surface area contributed by atoms with Crippen molar-refractivity contribution in [3.8, 4) is 0 Å². The number of piperidine rings is 1. The van der Waals surface area contributed by atoms with Gasteiger partial charge in [0.2, 0.25) is 5.91 Å². The van der Waals surface area contributed by atoms with Crippen molar-refractivity contribution in [2.45, 2.75) is 44.2 Å². The number of amides is 1. The maximum absolute atomic E-state index is 12.3. The molecule has 2 fully saturated rings. The Morgan fingerprint density at radius 3 is 2.86 bits per heavy atom. The Labute approximate surface area is 125 Å². The minimum absolute atomic E-state index is 0.128. The van der Waals surface area contributed by atoms with E-state index in [1.54, 1.807) is 6.20 Å².